The third kappa shape index (κ3) is 5.24. The van der Waals surface area contributed by atoms with Crippen molar-refractivity contribution in [2.75, 3.05) is 0 Å². The first-order chi connectivity index (χ1) is 13.5. The highest BCUT2D eigenvalue weighted by Gasteiger charge is 2.25. The average Bonchev–Trinajstić information content (AvgIpc) is 2.71. The van der Waals surface area contributed by atoms with E-state index in [9.17, 15) is 9.59 Å². The van der Waals surface area contributed by atoms with Crippen molar-refractivity contribution in [3.8, 4) is 11.1 Å². The van der Waals surface area contributed by atoms with Crippen LogP contribution in [0, 0.1) is 0 Å². The van der Waals surface area contributed by atoms with Gasteiger partial charge in [-0.15, -0.1) is 0 Å². The molecule has 0 spiro atoms. The Labute approximate surface area is 173 Å². The summed E-state index contributed by atoms with van der Waals surface area (Å²) in [5, 5.41) is -0.189. The van der Waals surface area contributed by atoms with Crippen molar-refractivity contribution in [2.24, 2.45) is 0 Å². The van der Waals surface area contributed by atoms with E-state index in [-0.39, 0.29) is 11.7 Å². The standard InChI is InChI=1S/C23H19ClO3S/c1-16(25)28-22(23(26)27-15-17-7-3-2-4-8-17)19-13-11-18(12-14-19)20-9-5-6-10-21(20)24/h2-14,22H,15H2,1H3. The topological polar surface area (TPSA) is 43.4 Å². The second-order valence-electron chi connectivity index (χ2n) is 6.18. The van der Waals surface area contributed by atoms with Gasteiger partial charge in [0.05, 0.1) is 0 Å². The predicted octanol–water partition coefficient (Wildman–Crippen LogP) is 6.07. The van der Waals surface area contributed by atoms with Crippen molar-refractivity contribution < 1.29 is 14.3 Å². The van der Waals surface area contributed by atoms with Gasteiger partial charge in [-0.25, -0.2) is 0 Å². The molecular weight excluding hydrogens is 392 g/mol. The first-order valence-corrected chi connectivity index (χ1v) is 10.0. The van der Waals surface area contributed by atoms with Crippen molar-refractivity contribution in [2.45, 2.75) is 18.8 Å². The van der Waals surface area contributed by atoms with Gasteiger partial charge in [0.25, 0.3) is 0 Å². The number of carbonyl (C=O) groups excluding carboxylic acids is 2. The Bertz CT molecular complexity index is 955. The Morgan fingerprint density at radius 1 is 0.929 bits per heavy atom. The maximum absolute atomic E-state index is 12.6. The maximum atomic E-state index is 12.6. The first kappa shape index (κ1) is 20.2. The SMILES string of the molecule is CC(=O)SC(C(=O)OCc1ccccc1)c1ccc(-c2ccccc2Cl)cc1. The molecule has 5 heteroatoms. The minimum atomic E-state index is -0.707. The molecule has 3 aromatic rings. The lowest BCUT2D eigenvalue weighted by Gasteiger charge is -2.15. The number of carbonyl (C=O) groups is 2. The summed E-state index contributed by atoms with van der Waals surface area (Å²) in [6.07, 6.45) is 0. The molecular formula is C23H19ClO3S. The number of thioether (sulfide) groups is 1. The molecule has 3 rings (SSSR count). The van der Waals surface area contributed by atoms with Gasteiger partial charge >= 0.3 is 5.97 Å². The number of ether oxygens (including phenoxy) is 1. The van der Waals surface area contributed by atoms with Crippen LogP contribution in [0.5, 0.6) is 0 Å². The highest BCUT2D eigenvalue weighted by molar-refractivity contribution is 8.14. The van der Waals surface area contributed by atoms with Crippen molar-refractivity contribution in [3.05, 3.63) is 95.0 Å². The lowest BCUT2D eigenvalue weighted by Crippen LogP contribution is -2.14. The van der Waals surface area contributed by atoms with E-state index in [4.69, 9.17) is 16.3 Å². The van der Waals surface area contributed by atoms with Gasteiger partial charge in [0.15, 0.2) is 5.12 Å². The van der Waals surface area contributed by atoms with E-state index in [0.717, 1.165) is 28.5 Å². The number of hydrogen-bond donors (Lipinski definition) is 0. The monoisotopic (exact) mass is 410 g/mol. The van der Waals surface area contributed by atoms with Crippen LogP contribution in [0.3, 0.4) is 0 Å². The van der Waals surface area contributed by atoms with Gasteiger partial charge in [-0.05, 0) is 22.8 Å². The summed E-state index contributed by atoms with van der Waals surface area (Å²) < 4.78 is 5.45. The summed E-state index contributed by atoms with van der Waals surface area (Å²) in [6.45, 7) is 1.62. The average molecular weight is 411 g/mol. The number of esters is 1. The molecule has 28 heavy (non-hydrogen) atoms. The van der Waals surface area contributed by atoms with Crippen molar-refractivity contribution in [1.29, 1.82) is 0 Å². The summed E-state index contributed by atoms with van der Waals surface area (Å²) in [4.78, 5) is 24.3. The minimum Gasteiger partial charge on any atom is -0.460 e. The van der Waals surface area contributed by atoms with Crippen LogP contribution in [-0.4, -0.2) is 11.1 Å². The van der Waals surface area contributed by atoms with Crippen LogP contribution in [0.4, 0.5) is 0 Å². The smallest absolute Gasteiger partial charge is 0.324 e. The molecule has 0 aliphatic rings. The highest BCUT2D eigenvalue weighted by atomic mass is 35.5. The zero-order valence-electron chi connectivity index (χ0n) is 15.3. The fourth-order valence-electron chi connectivity index (χ4n) is 2.76. The molecule has 142 valence electrons. The van der Waals surface area contributed by atoms with Crippen LogP contribution >= 0.6 is 23.4 Å². The van der Waals surface area contributed by atoms with E-state index in [1.165, 1.54) is 6.92 Å². The maximum Gasteiger partial charge on any atom is 0.324 e. The van der Waals surface area contributed by atoms with Gasteiger partial charge in [-0.1, -0.05) is 96.2 Å². The first-order valence-electron chi connectivity index (χ1n) is 8.77. The van der Waals surface area contributed by atoms with Crippen LogP contribution in [0.25, 0.3) is 11.1 Å². The van der Waals surface area contributed by atoms with Crippen molar-refractivity contribution in [3.63, 3.8) is 0 Å². The van der Waals surface area contributed by atoms with Crippen molar-refractivity contribution in [1.82, 2.24) is 0 Å². The fourth-order valence-corrected chi connectivity index (χ4v) is 3.79. The molecule has 3 nitrogen and oxygen atoms in total. The van der Waals surface area contributed by atoms with Crippen LogP contribution in [-0.2, 0) is 20.9 Å². The molecule has 0 bridgehead atoms. The molecule has 0 aromatic heterocycles. The van der Waals surface area contributed by atoms with Crippen LogP contribution in [0.1, 0.15) is 23.3 Å². The van der Waals surface area contributed by atoms with E-state index >= 15 is 0 Å². The van der Waals surface area contributed by atoms with Crippen LogP contribution in [0.15, 0.2) is 78.9 Å². The molecule has 0 fully saturated rings. The second kappa shape index (κ2) is 9.58. The minimum absolute atomic E-state index is 0.142. The quantitative estimate of drug-likeness (QED) is 0.462. The number of halogens is 1. The third-order valence-electron chi connectivity index (χ3n) is 4.12. The molecule has 0 radical (unpaired) electrons. The van der Waals surface area contributed by atoms with Gasteiger partial charge in [-0.3, -0.25) is 9.59 Å². The Morgan fingerprint density at radius 2 is 1.57 bits per heavy atom. The number of benzene rings is 3. The molecule has 0 saturated carbocycles. The Balaban J connectivity index is 1.78. The molecule has 3 aromatic carbocycles. The molecule has 1 atom stereocenters. The Kier molecular flexibility index (Phi) is 6.90. The molecule has 0 aliphatic heterocycles. The van der Waals surface area contributed by atoms with Crippen molar-refractivity contribution >= 4 is 34.4 Å². The summed E-state index contributed by atoms with van der Waals surface area (Å²) in [7, 11) is 0. The molecule has 1 unspecified atom stereocenters. The largest absolute Gasteiger partial charge is 0.460 e. The molecule has 0 aliphatic carbocycles. The number of hydrogen-bond acceptors (Lipinski definition) is 4. The Morgan fingerprint density at radius 3 is 2.21 bits per heavy atom. The van der Waals surface area contributed by atoms with Gasteiger partial charge in [0, 0.05) is 17.5 Å². The summed E-state index contributed by atoms with van der Waals surface area (Å²) in [5.74, 6) is -0.436. The molecule has 0 saturated heterocycles. The third-order valence-corrected chi connectivity index (χ3v) is 5.48. The Hall–Kier alpha value is -2.56. The highest BCUT2D eigenvalue weighted by Crippen LogP contribution is 2.34. The van der Waals surface area contributed by atoms with E-state index < -0.39 is 11.2 Å². The van der Waals surface area contributed by atoms with Crippen LogP contribution < -0.4 is 0 Å². The number of rotatable bonds is 6. The van der Waals surface area contributed by atoms with Gasteiger partial charge in [0.1, 0.15) is 11.9 Å². The molecule has 0 amide bonds. The van der Waals surface area contributed by atoms with E-state index in [1.54, 1.807) is 0 Å². The van der Waals surface area contributed by atoms with Gasteiger partial charge < -0.3 is 4.74 Å². The normalized spacial score (nSPS) is 11.6. The van der Waals surface area contributed by atoms with E-state index in [1.807, 2.05) is 78.9 Å². The zero-order valence-corrected chi connectivity index (χ0v) is 16.9. The summed E-state index contributed by atoms with van der Waals surface area (Å²) in [6, 6.07) is 24.5. The fraction of sp³-hybridized carbons (Fsp3) is 0.130. The zero-order chi connectivity index (χ0) is 19.9. The summed E-state index contributed by atoms with van der Waals surface area (Å²) >= 11 is 7.22. The summed E-state index contributed by atoms with van der Waals surface area (Å²) in [5.41, 5.74) is 3.47. The second-order valence-corrected chi connectivity index (χ2v) is 7.87. The molecule has 0 N–H and O–H groups in total. The van der Waals surface area contributed by atoms with Gasteiger partial charge in [0.2, 0.25) is 0 Å². The predicted molar refractivity (Wildman–Crippen MR) is 114 cm³/mol. The van der Waals surface area contributed by atoms with Gasteiger partial charge in [-0.2, -0.15) is 0 Å². The van der Waals surface area contributed by atoms with E-state index in [0.29, 0.717) is 10.6 Å². The van der Waals surface area contributed by atoms with Crippen LogP contribution in [0.2, 0.25) is 5.02 Å². The molecule has 0 heterocycles. The van der Waals surface area contributed by atoms with E-state index in [2.05, 4.69) is 0 Å². The lowest BCUT2D eigenvalue weighted by molar-refractivity contribution is -0.144. The lowest BCUT2D eigenvalue weighted by atomic mass is 10.0.